The summed E-state index contributed by atoms with van der Waals surface area (Å²) >= 11 is 0. The topological polar surface area (TPSA) is 60.2 Å². The smallest absolute Gasteiger partial charge is 0.217 e. The number of nitrogens with one attached hydrogen (secondary N) is 1. The van der Waals surface area contributed by atoms with Crippen LogP contribution in [0.3, 0.4) is 0 Å². The number of nitrogens with zero attached hydrogens (tertiary/aromatic N) is 1. The lowest BCUT2D eigenvalue weighted by Gasteiger charge is -2.19. The van der Waals surface area contributed by atoms with Crippen molar-refractivity contribution in [2.45, 2.75) is 19.4 Å². The van der Waals surface area contributed by atoms with E-state index >= 15 is 0 Å². The van der Waals surface area contributed by atoms with Gasteiger partial charge in [0.15, 0.2) is 0 Å². The summed E-state index contributed by atoms with van der Waals surface area (Å²) in [6, 6.07) is 12.1. The zero-order chi connectivity index (χ0) is 13.7. The SMILES string of the molecule is COc1ncccc1C(Cc1ccccc1C)NN. The molecule has 1 aromatic carbocycles. The fourth-order valence-corrected chi connectivity index (χ4v) is 2.16. The van der Waals surface area contributed by atoms with Gasteiger partial charge in [-0.3, -0.25) is 11.3 Å². The molecule has 1 aromatic heterocycles. The van der Waals surface area contributed by atoms with E-state index in [2.05, 4.69) is 29.5 Å². The van der Waals surface area contributed by atoms with Crippen molar-refractivity contribution in [1.82, 2.24) is 10.4 Å². The minimum Gasteiger partial charge on any atom is -0.481 e. The summed E-state index contributed by atoms with van der Waals surface area (Å²) in [7, 11) is 1.62. The van der Waals surface area contributed by atoms with Crippen molar-refractivity contribution >= 4 is 0 Å². The highest BCUT2D eigenvalue weighted by atomic mass is 16.5. The Morgan fingerprint density at radius 3 is 2.74 bits per heavy atom. The monoisotopic (exact) mass is 257 g/mol. The minimum absolute atomic E-state index is 0.0234. The third-order valence-electron chi connectivity index (χ3n) is 3.26. The number of nitrogens with two attached hydrogens (primary N) is 1. The molecule has 0 radical (unpaired) electrons. The molecule has 4 heteroatoms. The first-order valence-corrected chi connectivity index (χ1v) is 6.25. The van der Waals surface area contributed by atoms with Gasteiger partial charge in [-0.05, 0) is 30.5 Å². The first-order valence-electron chi connectivity index (χ1n) is 6.25. The molecule has 0 aliphatic rings. The summed E-state index contributed by atoms with van der Waals surface area (Å²) < 4.78 is 5.29. The number of benzene rings is 1. The second-order valence-corrected chi connectivity index (χ2v) is 4.45. The zero-order valence-corrected chi connectivity index (χ0v) is 11.3. The van der Waals surface area contributed by atoms with Crippen molar-refractivity contribution in [3.05, 3.63) is 59.3 Å². The summed E-state index contributed by atoms with van der Waals surface area (Å²) in [6.45, 7) is 2.10. The van der Waals surface area contributed by atoms with Gasteiger partial charge in [0.05, 0.1) is 13.2 Å². The number of hydrazine groups is 1. The molecule has 0 spiro atoms. The first-order chi connectivity index (χ1) is 9.26. The highest BCUT2D eigenvalue weighted by Crippen LogP contribution is 2.25. The lowest BCUT2D eigenvalue weighted by Crippen LogP contribution is -2.30. The van der Waals surface area contributed by atoms with Gasteiger partial charge in [0.25, 0.3) is 0 Å². The van der Waals surface area contributed by atoms with Gasteiger partial charge in [0.2, 0.25) is 5.88 Å². The normalized spacial score (nSPS) is 12.2. The van der Waals surface area contributed by atoms with Gasteiger partial charge >= 0.3 is 0 Å². The second-order valence-electron chi connectivity index (χ2n) is 4.45. The number of methoxy groups -OCH3 is 1. The molecule has 1 unspecified atom stereocenters. The molecule has 0 fully saturated rings. The van der Waals surface area contributed by atoms with Crippen molar-refractivity contribution in [1.29, 1.82) is 0 Å². The van der Waals surface area contributed by atoms with E-state index in [1.807, 2.05) is 24.3 Å². The Kier molecular flexibility index (Phi) is 4.49. The van der Waals surface area contributed by atoms with Crippen LogP contribution in [0.1, 0.15) is 22.7 Å². The maximum absolute atomic E-state index is 5.69. The lowest BCUT2D eigenvalue weighted by molar-refractivity contribution is 0.382. The quantitative estimate of drug-likeness (QED) is 0.636. The molecule has 0 bridgehead atoms. The van der Waals surface area contributed by atoms with Gasteiger partial charge < -0.3 is 4.74 Å². The van der Waals surface area contributed by atoms with E-state index in [4.69, 9.17) is 10.6 Å². The molecule has 0 aliphatic carbocycles. The van der Waals surface area contributed by atoms with E-state index in [0.717, 1.165) is 12.0 Å². The van der Waals surface area contributed by atoms with Crippen LogP contribution in [-0.4, -0.2) is 12.1 Å². The largest absolute Gasteiger partial charge is 0.481 e. The van der Waals surface area contributed by atoms with Crippen molar-refractivity contribution in [3.63, 3.8) is 0 Å². The number of pyridine rings is 1. The van der Waals surface area contributed by atoms with E-state index in [9.17, 15) is 0 Å². The Hall–Kier alpha value is -1.91. The Morgan fingerprint density at radius 2 is 2.05 bits per heavy atom. The molecule has 100 valence electrons. The van der Waals surface area contributed by atoms with E-state index < -0.39 is 0 Å². The standard InChI is InChI=1S/C15H19N3O/c1-11-6-3-4-7-12(11)10-14(18-16)13-8-5-9-17-15(13)19-2/h3-9,14,18H,10,16H2,1-2H3. The summed E-state index contributed by atoms with van der Waals surface area (Å²) in [5.41, 5.74) is 6.33. The zero-order valence-electron chi connectivity index (χ0n) is 11.3. The van der Waals surface area contributed by atoms with Crippen LogP contribution in [0.5, 0.6) is 5.88 Å². The van der Waals surface area contributed by atoms with Crippen molar-refractivity contribution in [3.8, 4) is 5.88 Å². The Morgan fingerprint density at radius 1 is 1.26 bits per heavy atom. The molecular formula is C15H19N3O. The molecule has 1 heterocycles. The lowest BCUT2D eigenvalue weighted by atomic mass is 9.97. The van der Waals surface area contributed by atoms with E-state index in [-0.39, 0.29) is 6.04 Å². The molecule has 4 nitrogen and oxygen atoms in total. The van der Waals surface area contributed by atoms with Gasteiger partial charge in [0, 0.05) is 11.8 Å². The average Bonchev–Trinajstić information content (AvgIpc) is 2.46. The molecule has 2 rings (SSSR count). The van der Waals surface area contributed by atoms with Crippen LogP contribution in [0.2, 0.25) is 0 Å². The van der Waals surface area contributed by atoms with Crippen LogP contribution < -0.4 is 16.0 Å². The predicted molar refractivity (Wildman–Crippen MR) is 75.7 cm³/mol. The molecule has 0 amide bonds. The van der Waals surface area contributed by atoms with Gasteiger partial charge in [-0.25, -0.2) is 4.98 Å². The number of hydrogen-bond acceptors (Lipinski definition) is 4. The molecule has 1 atom stereocenters. The Labute approximate surface area is 113 Å². The van der Waals surface area contributed by atoms with Crippen LogP contribution in [0, 0.1) is 6.92 Å². The number of hydrogen-bond donors (Lipinski definition) is 2. The fourth-order valence-electron chi connectivity index (χ4n) is 2.16. The minimum atomic E-state index is -0.0234. The molecular weight excluding hydrogens is 238 g/mol. The van der Waals surface area contributed by atoms with E-state index in [1.165, 1.54) is 11.1 Å². The fraction of sp³-hybridized carbons (Fsp3) is 0.267. The third-order valence-corrected chi connectivity index (χ3v) is 3.26. The molecule has 2 aromatic rings. The van der Waals surface area contributed by atoms with Crippen LogP contribution in [-0.2, 0) is 6.42 Å². The van der Waals surface area contributed by atoms with Gasteiger partial charge in [-0.1, -0.05) is 30.3 Å². The maximum Gasteiger partial charge on any atom is 0.217 e. The number of ether oxygens (including phenoxy) is 1. The predicted octanol–water partition coefficient (Wildman–Crippen LogP) is 2.15. The molecule has 19 heavy (non-hydrogen) atoms. The Balaban J connectivity index is 2.28. The van der Waals surface area contributed by atoms with Gasteiger partial charge in [-0.15, -0.1) is 0 Å². The van der Waals surface area contributed by atoms with Crippen LogP contribution in [0.4, 0.5) is 0 Å². The Bertz CT molecular complexity index is 542. The highest BCUT2D eigenvalue weighted by molar-refractivity contribution is 5.33. The summed E-state index contributed by atoms with van der Waals surface area (Å²) in [5, 5.41) is 0. The summed E-state index contributed by atoms with van der Waals surface area (Å²) in [6.07, 6.45) is 2.51. The van der Waals surface area contributed by atoms with Crippen LogP contribution >= 0.6 is 0 Å². The second kappa shape index (κ2) is 6.31. The third kappa shape index (κ3) is 3.10. The molecule has 0 saturated carbocycles. The number of aryl methyl sites for hydroxylation is 1. The first kappa shape index (κ1) is 13.5. The highest BCUT2D eigenvalue weighted by Gasteiger charge is 2.16. The van der Waals surface area contributed by atoms with E-state index in [1.54, 1.807) is 13.3 Å². The van der Waals surface area contributed by atoms with Crippen LogP contribution in [0.15, 0.2) is 42.6 Å². The van der Waals surface area contributed by atoms with E-state index in [0.29, 0.717) is 5.88 Å². The molecule has 0 aliphatic heterocycles. The van der Waals surface area contributed by atoms with Crippen molar-refractivity contribution in [2.24, 2.45) is 5.84 Å². The van der Waals surface area contributed by atoms with Gasteiger partial charge in [-0.2, -0.15) is 0 Å². The summed E-state index contributed by atoms with van der Waals surface area (Å²) in [5.74, 6) is 6.30. The average molecular weight is 257 g/mol. The van der Waals surface area contributed by atoms with Crippen LogP contribution in [0.25, 0.3) is 0 Å². The molecule has 3 N–H and O–H groups in total. The number of aromatic nitrogens is 1. The molecule has 0 saturated heterocycles. The number of rotatable bonds is 5. The summed E-state index contributed by atoms with van der Waals surface area (Å²) in [4.78, 5) is 4.21. The van der Waals surface area contributed by atoms with Gasteiger partial charge in [0.1, 0.15) is 0 Å². The van der Waals surface area contributed by atoms with Crippen molar-refractivity contribution < 1.29 is 4.74 Å². The van der Waals surface area contributed by atoms with Crippen molar-refractivity contribution in [2.75, 3.05) is 7.11 Å². The maximum atomic E-state index is 5.69.